The van der Waals surface area contributed by atoms with Crippen LogP contribution in [0.15, 0.2) is 0 Å². The van der Waals surface area contributed by atoms with E-state index in [2.05, 4.69) is 10.9 Å². The normalized spacial score (nSPS) is 18.3. The van der Waals surface area contributed by atoms with Crippen molar-refractivity contribution in [3.8, 4) is 0 Å². The fourth-order valence-corrected chi connectivity index (χ4v) is 1.55. The van der Waals surface area contributed by atoms with Gasteiger partial charge in [0.2, 0.25) is 0 Å². The first-order valence-electron chi connectivity index (χ1n) is 5.63. The summed E-state index contributed by atoms with van der Waals surface area (Å²) < 4.78 is 5.07. The molecule has 0 saturated heterocycles. The van der Waals surface area contributed by atoms with Gasteiger partial charge in [0.05, 0.1) is 0 Å². The molecule has 1 fully saturated rings. The molecule has 1 rings (SSSR count). The van der Waals surface area contributed by atoms with Crippen LogP contribution in [0.25, 0.3) is 0 Å². The van der Waals surface area contributed by atoms with Crippen molar-refractivity contribution < 1.29 is 14.3 Å². The highest BCUT2D eigenvalue weighted by Crippen LogP contribution is 2.14. The van der Waals surface area contributed by atoms with Crippen molar-refractivity contribution in [3.63, 3.8) is 0 Å². The van der Waals surface area contributed by atoms with Gasteiger partial charge in [0.15, 0.2) is 0 Å². The van der Waals surface area contributed by atoms with Crippen LogP contribution in [-0.2, 0) is 9.53 Å². The third-order valence-corrected chi connectivity index (χ3v) is 2.32. The molecule has 2 N–H and O–H groups in total. The van der Waals surface area contributed by atoms with Gasteiger partial charge < -0.3 is 4.74 Å². The molecule has 5 nitrogen and oxygen atoms in total. The molecule has 1 aliphatic rings. The molecular weight excluding hydrogens is 208 g/mol. The maximum Gasteiger partial charge on any atom is 0.422 e. The van der Waals surface area contributed by atoms with E-state index >= 15 is 0 Å². The minimum Gasteiger partial charge on any atom is -0.443 e. The summed E-state index contributed by atoms with van der Waals surface area (Å²) in [6.07, 6.45) is 2.24. The van der Waals surface area contributed by atoms with E-state index in [1.807, 2.05) is 20.8 Å². The number of carbonyl (C=O) groups excluding carboxylic acids is 2. The van der Waals surface area contributed by atoms with Gasteiger partial charge in [-0.1, -0.05) is 0 Å². The summed E-state index contributed by atoms with van der Waals surface area (Å²) in [6, 6.07) is 0.171. The van der Waals surface area contributed by atoms with Crippen LogP contribution < -0.4 is 10.9 Å². The van der Waals surface area contributed by atoms with Gasteiger partial charge in [0, 0.05) is 18.9 Å². The minimum absolute atomic E-state index is 0.171. The van der Waals surface area contributed by atoms with Crippen molar-refractivity contribution in [3.05, 3.63) is 0 Å². The second-order valence-corrected chi connectivity index (χ2v) is 5.08. The number of ether oxygens (including phenoxy) is 1. The van der Waals surface area contributed by atoms with Gasteiger partial charge in [-0.05, 0) is 33.6 Å². The molecule has 0 bridgehead atoms. The Labute approximate surface area is 95.9 Å². The van der Waals surface area contributed by atoms with E-state index in [9.17, 15) is 9.59 Å². The van der Waals surface area contributed by atoms with E-state index < -0.39 is 11.7 Å². The summed E-state index contributed by atoms with van der Waals surface area (Å²) in [6.45, 7) is 5.43. The van der Waals surface area contributed by atoms with Crippen LogP contribution in [0.1, 0.15) is 46.5 Å². The number of hydrazine groups is 1. The fraction of sp³-hybridized carbons (Fsp3) is 0.818. The summed E-state index contributed by atoms with van der Waals surface area (Å²) >= 11 is 0. The van der Waals surface area contributed by atoms with E-state index in [1.54, 1.807) is 0 Å². The number of hydrogen-bond donors (Lipinski definition) is 2. The van der Waals surface area contributed by atoms with Gasteiger partial charge in [-0.3, -0.25) is 10.2 Å². The third-order valence-electron chi connectivity index (χ3n) is 2.32. The van der Waals surface area contributed by atoms with Gasteiger partial charge in [-0.2, -0.15) is 0 Å². The van der Waals surface area contributed by atoms with Crippen LogP contribution in [0.2, 0.25) is 0 Å². The smallest absolute Gasteiger partial charge is 0.422 e. The van der Waals surface area contributed by atoms with Crippen LogP contribution >= 0.6 is 0 Å². The molecule has 1 amide bonds. The van der Waals surface area contributed by atoms with Crippen LogP contribution in [0.3, 0.4) is 0 Å². The highest BCUT2D eigenvalue weighted by atomic mass is 16.6. The lowest BCUT2D eigenvalue weighted by Gasteiger charge is -2.24. The molecule has 0 aromatic carbocycles. The van der Waals surface area contributed by atoms with Crippen LogP contribution in [0.4, 0.5) is 4.79 Å². The summed E-state index contributed by atoms with van der Waals surface area (Å²) in [7, 11) is 0. The van der Waals surface area contributed by atoms with Crippen molar-refractivity contribution in [2.24, 2.45) is 0 Å². The van der Waals surface area contributed by atoms with E-state index in [1.165, 1.54) is 0 Å². The first kappa shape index (κ1) is 13.0. The summed E-state index contributed by atoms with van der Waals surface area (Å²) in [5, 5.41) is 0. The molecule has 0 aromatic heterocycles. The number of hydrogen-bond acceptors (Lipinski definition) is 4. The molecule has 0 heterocycles. The molecule has 0 spiro atoms. The first-order chi connectivity index (χ1) is 7.37. The number of nitrogens with one attached hydrogen (secondary N) is 2. The van der Waals surface area contributed by atoms with Crippen molar-refractivity contribution in [2.45, 2.75) is 58.1 Å². The van der Waals surface area contributed by atoms with Gasteiger partial charge in [-0.15, -0.1) is 0 Å². The molecule has 0 atom stereocenters. The van der Waals surface area contributed by atoms with Gasteiger partial charge in [0.1, 0.15) is 11.4 Å². The second kappa shape index (κ2) is 5.30. The largest absolute Gasteiger partial charge is 0.443 e. The molecule has 16 heavy (non-hydrogen) atoms. The number of carbonyl (C=O) groups is 2. The maximum absolute atomic E-state index is 11.3. The van der Waals surface area contributed by atoms with E-state index in [0.29, 0.717) is 18.6 Å². The zero-order chi connectivity index (χ0) is 12.2. The van der Waals surface area contributed by atoms with Gasteiger partial charge in [0.25, 0.3) is 0 Å². The number of ketones is 1. The molecule has 5 heteroatoms. The number of amides is 1. The standard InChI is InChI=1S/C11H20N2O3/c1-11(2,3)16-10(15)13-12-8-4-6-9(14)7-5-8/h8,12H,4-7H2,1-3H3,(H,13,15). The molecule has 0 aliphatic heterocycles. The summed E-state index contributed by atoms with van der Waals surface area (Å²) in [4.78, 5) is 22.3. The highest BCUT2D eigenvalue weighted by molar-refractivity contribution is 5.79. The predicted octanol–water partition coefficient (Wildman–Crippen LogP) is 1.53. The highest BCUT2D eigenvalue weighted by Gasteiger charge is 2.20. The Morgan fingerprint density at radius 1 is 1.31 bits per heavy atom. The van der Waals surface area contributed by atoms with E-state index in [0.717, 1.165) is 12.8 Å². The lowest BCUT2D eigenvalue weighted by Crippen LogP contribution is -2.47. The summed E-state index contributed by atoms with van der Waals surface area (Å²) in [5.41, 5.74) is 4.90. The zero-order valence-corrected chi connectivity index (χ0v) is 10.1. The average molecular weight is 228 g/mol. The topological polar surface area (TPSA) is 67.4 Å². The number of Topliss-reactive ketones (excluding diaryl/α,β-unsaturated/α-hetero) is 1. The molecular formula is C11H20N2O3. The SMILES string of the molecule is CC(C)(C)OC(=O)NNC1CCC(=O)CC1. The Kier molecular flexibility index (Phi) is 4.29. The van der Waals surface area contributed by atoms with Crippen molar-refractivity contribution in [1.82, 2.24) is 10.9 Å². The monoisotopic (exact) mass is 228 g/mol. The van der Waals surface area contributed by atoms with Crippen molar-refractivity contribution in [1.29, 1.82) is 0 Å². The van der Waals surface area contributed by atoms with Crippen LogP contribution in [0, 0.1) is 0 Å². The van der Waals surface area contributed by atoms with Gasteiger partial charge in [-0.25, -0.2) is 10.2 Å². The lowest BCUT2D eigenvalue weighted by molar-refractivity contribution is -0.120. The zero-order valence-electron chi connectivity index (χ0n) is 10.1. The third kappa shape index (κ3) is 5.11. The quantitative estimate of drug-likeness (QED) is 0.703. The minimum atomic E-state index is -0.492. The molecule has 0 aromatic rings. The Balaban J connectivity index is 2.19. The average Bonchev–Trinajstić information content (AvgIpc) is 2.14. The predicted molar refractivity (Wildman–Crippen MR) is 59.8 cm³/mol. The maximum atomic E-state index is 11.3. The van der Waals surface area contributed by atoms with E-state index in [4.69, 9.17) is 4.74 Å². The first-order valence-corrected chi connectivity index (χ1v) is 5.63. The van der Waals surface area contributed by atoms with Gasteiger partial charge >= 0.3 is 6.09 Å². The molecule has 1 aliphatic carbocycles. The number of rotatable bonds is 2. The molecule has 1 saturated carbocycles. The Bertz CT molecular complexity index is 261. The molecule has 0 unspecified atom stereocenters. The van der Waals surface area contributed by atoms with Crippen LogP contribution in [0.5, 0.6) is 0 Å². The van der Waals surface area contributed by atoms with Crippen LogP contribution in [-0.4, -0.2) is 23.5 Å². The van der Waals surface area contributed by atoms with Crippen molar-refractivity contribution >= 4 is 11.9 Å². The lowest BCUT2D eigenvalue weighted by atomic mass is 9.95. The fourth-order valence-electron chi connectivity index (χ4n) is 1.55. The molecule has 92 valence electrons. The Morgan fingerprint density at radius 3 is 2.38 bits per heavy atom. The summed E-state index contributed by atoms with van der Waals surface area (Å²) in [5.74, 6) is 0.301. The molecule has 0 radical (unpaired) electrons. The Hall–Kier alpha value is -1.10. The second-order valence-electron chi connectivity index (χ2n) is 5.08. The Morgan fingerprint density at radius 2 is 1.88 bits per heavy atom. The van der Waals surface area contributed by atoms with Crippen molar-refractivity contribution in [2.75, 3.05) is 0 Å². The van der Waals surface area contributed by atoms with E-state index in [-0.39, 0.29) is 6.04 Å².